The summed E-state index contributed by atoms with van der Waals surface area (Å²) in [5.74, 6) is 0.748. The van der Waals surface area contributed by atoms with Crippen LogP contribution in [0.4, 0.5) is 0 Å². The minimum absolute atomic E-state index is 0.633. The van der Waals surface area contributed by atoms with Gasteiger partial charge in [-0.15, -0.1) is 11.3 Å². The first-order chi connectivity index (χ1) is 9.63. The average molecular weight is 295 g/mol. The number of piperazine rings is 1. The van der Waals surface area contributed by atoms with E-state index in [2.05, 4.69) is 48.3 Å². The molecule has 20 heavy (non-hydrogen) atoms. The van der Waals surface area contributed by atoms with E-state index in [-0.39, 0.29) is 0 Å². The van der Waals surface area contributed by atoms with E-state index in [1.807, 2.05) is 0 Å². The van der Waals surface area contributed by atoms with E-state index in [0.717, 1.165) is 31.2 Å². The number of nitrogens with one attached hydrogen (secondary N) is 1. The molecule has 3 unspecified atom stereocenters. The van der Waals surface area contributed by atoms with Crippen LogP contribution in [-0.4, -0.2) is 35.1 Å². The molecule has 0 bridgehead atoms. The second-order valence-electron chi connectivity index (χ2n) is 6.15. The van der Waals surface area contributed by atoms with Crippen molar-refractivity contribution in [2.24, 2.45) is 5.92 Å². The standard InChI is InChI=1S/C16H29N3S/c1-5-7-14-8-17-15(12(3)6-2)9-19(14)10-16-18-13(4)11-20-16/h11-12,14-15,17H,5-10H2,1-4H3. The van der Waals surface area contributed by atoms with Crippen molar-refractivity contribution in [3.05, 3.63) is 16.1 Å². The van der Waals surface area contributed by atoms with Crippen molar-refractivity contribution in [3.8, 4) is 0 Å². The lowest BCUT2D eigenvalue weighted by Crippen LogP contribution is -2.57. The molecule has 2 rings (SSSR count). The number of aromatic nitrogens is 1. The second kappa shape index (κ2) is 7.53. The maximum atomic E-state index is 4.65. The predicted octanol–water partition coefficient (Wildman–Crippen LogP) is 3.44. The Morgan fingerprint density at radius 1 is 1.50 bits per heavy atom. The lowest BCUT2D eigenvalue weighted by molar-refractivity contribution is 0.0959. The summed E-state index contributed by atoms with van der Waals surface area (Å²) in [6.45, 7) is 12.3. The fraction of sp³-hybridized carbons (Fsp3) is 0.812. The third-order valence-electron chi connectivity index (χ3n) is 4.52. The zero-order chi connectivity index (χ0) is 14.5. The zero-order valence-electron chi connectivity index (χ0n) is 13.4. The Morgan fingerprint density at radius 2 is 2.30 bits per heavy atom. The van der Waals surface area contributed by atoms with Crippen molar-refractivity contribution in [2.45, 2.75) is 65.6 Å². The number of rotatable bonds is 6. The average Bonchev–Trinajstić information content (AvgIpc) is 2.85. The number of hydrogen-bond acceptors (Lipinski definition) is 4. The van der Waals surface area contributed by atoms with Crippen LogP contribution in [-0.2, 0) is 6.54 Å². The van der Waals surface area contributed by atoms with Crippen molar-refractivity contribution < 1.29 is 0 Å². The van der Waals surface area contributed by atoms with Crippen LogP contribution in [0.5, 0.6) is 0 Å². The molecule has 1 aromatic rings. The predicted molar refractivity (Wildman–Crippen MR) is 87.2 cm³/mol. The van der Waals surface area contributed by atoms with Crippen LogP contribution < -0.4 is 5.32 Å². The van der Waals surface area contributed by atoms with E-state index in [9.17, 15) is 0 Å². The molecule has 1 N–H and O–H groups in total. The monoisotopic (exact) mass is 295 g/mol. The Labute approximate surface area is 127 Å². The minimum atomic E-state index is 0.633. The summed E-state index contributed by atoms with van der Waals surface area (Å²) in [5, 5.41) is 7.20. The van der Waals surface area contributed by atoms with Gasteiger partial charge >= 0.3 is 0 Å². The molecule has 0 amide bonds. The van der Waals surface area contributed by atoms with Crippen molar-refractivity contribution in [1.29, 1.82) is 0 Å². The molecular weight excluding hydrogens is 266 g/mol. The van der Waals surface area contributed by atoms with E-state index in [0.29, 0.717) is 12.1 Å². The van der Waals surface area contributed by atoms with Gasteiger partial charge in [-0.1, -0.05) is 33.6 Å². The van der Waals surface area contributed by atoms with Gasteiger partial charge in [-0.05, 0) is 19.3 Å². The minimum Gasteiger partial charge on any atom is -0.311 e. The molecule has 114 valence electrons. The Balaban J connectivity index is 2.02. The molecule has 0 aromatic carbocycles. The van der Waals surface area contributed by atoms with Crippen molar-refractivity contribution in [3.63, 3.8) is 0 Å². The highest BCUT2D eigenvalue weighted by atomic mass is 32.1. The maximum Gasteiger partial charge on any atom is 0.107 e. The lowest BCUT2D eigenvalue weighted by atomic mass is 9.94. The first-order valence-corrected chi connectivity index (χ1v) is 8.90. The summed E-state index contributed by atoms with van der Waals surface area (Å²) in [6.07, 6.45) is 3.79. The van der Waals surface area contributed by atoms with Gasteiger partial charge in [0.05, 0.1) is 6.54 Å². The summed E-state index contributed by atoms with van der Waals surface area (Å²) in [7, 11) is 0. The van der Waals surface area contributed by atoms with Gasteiger partial charge in [0.15, 0.2) is 0 Å². The van der Waals surface area contributed by atoms with Crippen molar-refractivity contribution in [2.75, 3.05) is 13.1 Å². The lowest BCUT2D eigenvalue weighted by Gasteiger charge is -2.42. The van der Waals surface area contributed by atoms with Gasteiger partial charge in [0, 0.05) is 36.2 Å². The molecule has 0 aliphatic carbocycles. The first kappa shape index (κ1) is 15.9. The largest absolute Gasteiger partial charge is 0.311 e. The molecule has 1 saturated heterocycles. The van der Waals surface area contributed by atoms with E-state index >= 15 is 0 Å². The zero-order valence-corrected chi connectivity index (χ0v) is 14.2. The topological polar surface area (TPSA) is 28.2 Å². The normalized spacial score (nSPS) is 25.8. The van der Waals surface area contributed by atoms with Crippen LogP contribution in [0.25, 0.3) is 0 Å². The van der Waals surface area contributed by atoms with Gasteiger partial charge in [0.2, 0.25) is 0 Å². The van der Waals surface area contributed by atoms with Gasteiger partial charge in [0.1, 0.15) is 5.01 Å². The first-order valence-electron chi connectivity index (χ1n) is 8.02. The molecule has 2 heterocycles. The SMILES string of the molecule is CCCC1CNC(C(C)CC)CN1Cc1nc(C)cs1. The van der Waals surface area contributed by atoms with Gasteiger partial charge in [-0.3, -0.25) is 4.90 Å². The molecule has 1 aromatic heterocycles. The second-order valence-corrected chi connectivity index (χ2v) is 7.10. The number of aryl methyl sites for hydroxylation is 1. The third kappa shape index (κ3) is 4.03. The van der Waals surface area contributed by atoms with Gasteiger partial charge in [0.25, 0.3) is 0 Å². The van der Waals surface area contributed by atoms with Crippen molar-refractivity contribution >= 4 is 11.3 Å². The third-order valence-corrected chi connectivity index (χ3v) is 5.47. The Kier molecular flexibility index (Phi) is 6.00. The van der Waals surface area contributed by atoms with Gasteiger partial charge in [-0.2, -0.15) is 0 Å². The molecule has 4 heteroatoms. The molecule has 1 fully saturated rings. The van der Waals surface area contributed by atoms with Crippen LogP contribution >= 0.6 is 11.3 Å². The highest BCUT2D eigenvalue weighted by molar-refractivity contribution is 7.09. The highest BCUT2D eigenvalue weighted by Crippen LogP contribution is 2.21. The fourth-order valence-electron chi connectivity index (χ4n) is 3.01. The Bertz CT molecular complexity index is 404. The quantitative estimate of drug-likeness (QED) is 0.871. The molecule has 1 aliphatic heterocycles. The van der Waals surface area contributed by atoms with E-state index in [1.54, 1.807) is 11.3 Å². The summed E-state index contributed by atoms with van der Waals surface area (Å²) >= 11 is 1.81. The summed E-state index contributed by atoms with van der Waals surface area (Å²) in [5.41, 5.74) is 1.16. The molecule has 3 atom stereocenters. The molecular formula is C16H29N3S. The van der Waals surface area contributed by atoms with Crippen LogP contribution in [0.15, 0.2) is 5.38 Å². The summed E-state index contributed by atoms with van der Waals surface area (Å²) < 4.78 is 0. The molecule has 3 nitrogen and oxygen atoms in total. The summed E-state index contributed by atoms with van der Waals surface area (Å²) in [4.78, 5) is 7.31. The fourth-order valence-corrected chi connectivity index (χ4v) is 3.81. The van der Waals surface area contributed by atoms with Crippen LogP contribution in [0.3, 0.4) is 0 Å². The Hall–Kier alpha value is -0.450. The molecule has 0 spiro atoms. The molecule has 0 radical (unpaired) electrons. The van der Waals surface area contributed by atoms with Gasteiger partial charge < -0.3 is 5.32 Å². The molecule has 0 saturated carbocycles. The van der Waals surface area contributed by atoms with E-state index < -0.39 is 0 Å². The highest BCUT2D eigenvalue weighted by Gasteiger charge is 2.29. The van der Waals surface area contributed by atoms with Crippen LogP contribution in [0, 0.1) is 12.8 Å². The number of nitrogens with zero attached hydrogens (tertiary/aromatic N) is 2. The van der Waals surface area contributed by atoms with E-state index in [4.69, 9.17) is 0 Å². The number of thiazole rings is 1. The van der Waals surface area contributed by atoms with Gasteiger partial charge in [-0.25, -0.2) is 4.98 Å². The number of hydrogen-bond donors (Lipinski definition) is 1. The van der Waals surface area contributed by atoms with Crippen molar-refractivity contribution in [1.82, 2.24) is 15.2 Å². The maximum absolute atomic E-state index is 4.65. The molecule has 1 aliphatic rings. The summed E-state index contributed by atoms with van der Waals surface area (Å²) in [6, 6.07) is 1.30. The van der Waals surface area contributed by atoms with E-state index in [1.165, 1.54) is 24.3 Å². The Morgan fingerprint density at radius 3 is 2.90 bits per heavy atom. The van der Waals surface area contributed by atoms with Crippen LogP contribution in [0.1, 0.15) is 50.7 Å². The van der Waals surface area contributed by atoms with Crippen LogP contribution in [0.2, 0.25) is 0 Å². The smallest absolute Gasteiger partial charge is 0.107 e.